The zero-order chi connectivity index (χ0) is 15.1. The minimum Gasteiger partial charge on any atom is -0.310 e. The quantitative estimate of drug-likeness (QED) is 0.859. The molecule has 4 rings (SSSR count). The summed E-state index contributed by atoms with van der Waals surface area (Å²) in [5.74, 6) is 0.0726. The molecule has 1 atom stereocenters. The first-order chi connectivity index (χ1) is 10.7. The molecule has 1 saturated heterocycles. The zero-order valence-electron chi connectivity index (χ0n) is 11.7. The Hall–Kier alpha value is -1.60. The summed E-state index contributed by atoms with van der Waals surface area (Å²) in [6, 6.07) is 7.85. The Morgan fingerprint density at radius 2 is 2.05 bits per heavy atom. The smallest absolute Gasteiger partial charge is 0.240 e. The van der Waals surface area contributed by atoms with Crippen molar-refractivity contribution in [3.05, 3.63) is 29.3 Å². The largest absolute Gasteiger partial charge is 0.310 e. The molecule has 6 nitrogen and oxygen atoms in total. The van der Waals surface area contributed by atoms with E-state index in [9.17, 15) is 4.79 Å². The predicted molar refractivity (Wildman–Crippen MR) is 84.2 cm³/mol. The Morgan fingerprint density at radius 3 is 2.82 bits per heavy atom. The minimum absolute atomic E-state index is 0.0726. The van der Waals surface area contributed by atoms with Crippen LogP contribution in [0, 0.1) is 0 Å². The van der Waals surface area contributed by atoms with Crippen molar-refractivity contribution < 1.29 is 4.79 Å². The van der Waals surface area contributed by atoms with Crippen LogP contribution in [0.15, 0.2) is 29.4 Å². The van der Waals surface area contributed by atoms with Gasteiger partial charge in [-0.1, -0.05) is 35.5 Å². The molecule has 0 spiro atoms. The molecular weight excluding hydrogens is 322 g/mol. The second-order valence-electron chi connectivity index (χ2n) is 5.47. The molecule has 2 aliphatic rings. The summed E-state index contributed by atoms with van der Waals surface area (Å²) >= 11 is 7.66. The van der Waals surface area contributed by atoms with Crippen LogP contribution < -0.4 is 4.90 Å². The second-order valence-corrected chi connectivity index (χ2v) is 7.05. The topological polar surface area (TPSA) is 63.9 Å². The van der Waals surface area contributed by atoms with Gasteiger partial charge in [0.1, 0.15) is 0 Å². The lowest BCUT2D eigenvalue weighted by Crippen LogP contribution is -2.28. The Morgan fingerprint density at radius 1 is 1.23 bits per heavy atom. The standard InChI is InChI=1S/C14H14ClN5OS/c15-10-3-1-2-4-11(10)19-8-7-12(13(19)21)22-14-16-17-18-20(14)9-5-6-9/h1-4,9,12H,5-8H2. The molecule has 1 unspecified atom stereocenters. The Bertz CT molecular complexity index is 717. The summed E-state index contributed by atoms with van der Waals surface area (Å²) in [6.07, 6.45) is 3.00. The van der Waals surface area contributed by atoms with E-state index in [-0.39, 0.29) is 11.2 Å². The summed E-state index contributed by atoms with van der Waals surface area (Å²) in [5, 5.41) is 13.0. The van der Waals surface area contributed by atoms with E-state index in [2.05, 4.69) is 15.5 Å². The number of nitrogens with zero attached hydrogens (tertiary/aromatic N) is 5. The zero-order valence-corrected chi connectivity index (χ0v) is 13.3. The lowest BCUT2D eigenvalue weighted by atomic mass is 10.3. The average Bonchev–Trinajstić information content (AvgIpc) is 3.16. The van der Waals surface area contributed by atoms with Crippen LogP contribution in [0.25, 0.3) is 0 Å². The van der Waals surface area contributed by atoms with Gasteiger partial charge >= 0.3 is 0 Å². The number of hydrogen-bond acceptors (Lipinski definition) is 5. The third-order valence-electron chi connectivity index (χ3n) is 3.90. The van der Waals surface area contributed by atoms with Gasteiger partial charge in [-0.2, -0.15) is 0 Å². The predicted octanol–water partition coefficient (Wildman–Crippen LogP) is 2.56. The molecule has 1 aromatic carbocycles. The van der Waals surface area contributed by atoms with Gasteiger partial charge < -0.3 is 4.90 Å². The number of rotatable bonds is 4. The number of carbonyl (C=O) groups excluding carboxylic acids is 1. The highest BCUT2D eigenvalue weighted by atomic mass is 35.5. The normalized spacial score (nSPS) is 21.6. The fourth-order valence-corrected chi connectivity index (χ4v) is 3.93. The van der Waals surface area contributed by atoms with Crippen LogP contribution >= 0.6 is 23.4 Å². The molecule has 2 fully saturated rings. The van der Waals surface area contributed by atoms with E-state index in [1.807, 2.05) is 22.9 Å². The molecular formula is C14H14ClN5OS. The molecule has 0 bridgehead atoms. The van der Waals surface area contributed by atoms with Crippen LogP contribution in [-0.4, -0.2) is 37.9 Å². The Labute approximate surface area is 136 Å². The first-order valence-electron chi connectivity index (χ1n) is 7.24. The number of para-hydroxylation sites is 1. The van der Waals surface area contributed by atoms with Crippen LogP contribution in [0.5, 0.6) is 0 Å². The van der Waals surface area contributed by atoms with Crippen molar-refractivity contribution in [3.63, 3.8) is 0 Å². The summed E-state index contributed by atoms with van der Waals surface area (Å²) in [4.78, 5) is 14.4. The van der Waals surface area contributed by atoms with Crippen molar-refractivity contribution in [2.75, 3.05) is 11.4 Å². The third kappa shape index (κ3) is 2.48. The molecule has 1 amide bonds. The van der Waals surface area contributed by atoms with Crippen LogP contribution in [0.2, 0.25) is 5.02 Å². The van der Waals surface area contributed by atoms with Crippen molar-refractivity contribution in [2.24, 2.45) is 0 Å². The van der Waals surface area contributed by atoms with Crippen molar-refractivity contribution in [1.29, 1.82) is 0 Å². The summed E-state index contributed by atoms with van der Waals surface area (Å²) in [7, 11) is 0. The van der Waals surface area contributed by atoms with E-state index in [1.165, 1.54) is 11.8 Å². The molecule has 1 saturated carbocycles. The Kier molecular flexibility index (Phi) is 3.54. The second kappa shape index (κ2) is 5.55. The molecule has 1 aliphatic heterocycles. The molecule has 0 radical (unpaired) electrons. The molecule has 1 aromatic heterocycles. The van der Waals surface area contributed by atoms with E-state index >= 15 is 0 Å². The van der Waals surface area contributed by atoms with Gasteiger partial charge in [0.2, 0.25) is 11.1 Å². The van der Waals surface area contributed by atoms with E-state index in [1.54, 1.807) is 11.0 Å². The van der Waals surface area contributed by atoms with Gasteiger partial charge in [-0.3, -0.25) is 4.79 Å². The van der Waals surface area contributed by atoms with Crippen molar-refractivity contribution in [1.82, 2.24) is 20.2 Å². The van der Waals surface area contributed by atoms with Crippen molar-refractivity contribution in [2.45, 2.75) is 35.7 Å². The summed E-state index contributed by atoms with van der Waals surface area (Å²) < 4.78 is 1.84. The SMILES string of the molecule is O=C1C(Sc2nnnn2C2CC2)CCN1c1ccccc1Cl. The highest BCUT2D eigenvalue weighted by molar-refractivity contribution is 8.00. The van der Waals surface area contributed by atoms with Crippen LogP contribution in [0.4, 0.5) is 5.69 Å². The molecule has 114 valence electrons. The number of benzene rings is 1. The lowest BCUT2D eigenvalue weighted by molar-refractivity contribution is -0.116. The lowest BCUT2D eigenvalue weighted by Gasteiger charge is -2.17. The molecule has 8 heteroatoms. The van der Waals surface area contributed by atoms with E-state index < -0.39 is 0 Å². The van der Waals surface area contributed by atoms with Gasteiger partial charge in [-0.15, -0.1) is 5.10 Å². The maximum atomic E-state index is 12.6. The van der Waals surface area contributed by atoms with Gasteiger partial charge in [-0.05, 0) is 41.8 Å². The van der Waals surface area contributed by atoms with E-state index in [0.29, 0.717) is 17.6 Å². The fourth-order valence-electron chi connectivity index (χ4n) is 2.61. The van der Waals surface area contributed by atoms with Crippen molar-refractivity contribution >= 4 is 35.0 Å². The number of anilines is 1. The molecule has 1 aliphatic carbocycles. The van der Waals surface area contributed by atoms with Gasteiger partial charge in [0.25, 0.3) is 0 Å². The monoisotopic (exact) mass is 335 g/mol. The molecule has 2 aromatic rings. The number of thioether (sulfide) groups is 1. The van der Waals surface area contributed by atoms with Gasteiger partial charge in [-0.25, -0.2) is 4.68 Å². The highest BCUT2D eigenvalue weighted by Gasteiger charge is 2.36. The van der Waals surface area contributed by atoms with Crippen LogP contribution in [0.1, 0.15) is 25.3 Å². The highest BCUT2D eigenvalue weighted by Crippen LogP contribution is 2.39. The van der Waals surface area contributed by atoms with Gasteiger partial charge in [0, 0.05) is 6.54 Å². The van der Waals surface area contributed by atoms with Crippen LogP contribution in [-0.2, 0) is 4.79 Å². The summed E-state index contributed by atoms with van der Waals surface area (Å²) in [5.41, 5.74) is 0.777. The third-order valence-corrected chi connectivity index (χ3v) is 5.42. The first-order valence-corrected chi connectivity index (χ1v) is 8.50. The van der Waals surface area contributed by atoms with Crippen molar-refractivity contribution in [3.8, 4) is 0 Å². The Balaban J connectivity index is 1.52. The minimum atomic E-state index is -0.153. The van der Waals surface area contributed by atoms with Crippen LogP contribution in [0.3, 0.4) is 0 Å². The van der Waals surface area contributed by atoms with E-state index in [0.717, 1.165) is 30.1 Å². The van der Waals surface area contributed by atoms with Gasteiger partial charge in [0.05, 0.1) is 22.0 Å². The number of halogens is 1. The fraction of sp³-hybridized carbons (Fsp3) is 0.429. The first kappa shape index (κ1) is 14.0. The van der Waals surface area contributed by atoms with Gasteiger partial charge in [0.15, 0.2) is 0 Å². The maximum absolute atomic E-state index is 12.6. The molecule has 2 heterocycles. The molecule has 0 N–H and O–H groups in total. The van der Waals surface area contributed by atoms with E-state index in [4.69, 9.17) is 11.6 Å². The maximum Gasteiger partial charge on any atom is 0.240 e. The number of tetrazole rings is 1. The summed E-state index contributed by atoms with van der Waals surface area (Å²) in [6.45, 7) is 0.672. The average molecular weight is 336 g/mol. The number of amides is 1. The number of carbonyl (C=O) groups is 1. The molecule has 22 heavy (non-hydrogen) atoms. The number of aromatic nitrogens is 4. The number of hydrogen-bond donors (Lipinski definition) is 0.